The van der Waals surface area contributed by atoms with E-state index in [4.69, 9.17) is 23.2 Å². The highest BCUT2D eigenvalue weighted by Gasteiger charge is 2.32. The Labute approximate surface area is 144 Å². The highest BCUT2D eigenvalue weighted by molar-refractivity contribution is 6.36. The highest BCUT2D eigenvalue weighted by atomic mass is 35.5. The molecule has 0 unspecified atom stereocenters. The number of rotatable bonds is 3. The first-order valence-electron chi connectivity index (χ1n) is 7.76. The molecular weight excluding hydrogens is 335 g/mol. The number of amides is 1. The molecule has 2 aromatic rings. The molecule has 0 bridgehead atoms. The summed E-state index contributed by atoms with van der Waals surface area (Å²) >= 11 is 12.3. The molecule has 1 saturated carbocycles. The maximum Gasteiger partial charge on any atom is 0.227 e. The molecular formula is C16H16Cl2N4O. The van der Waals surface area contributed by atoms with E-state index in [-0.39, 0.29) is 12.3 Å². The van der Waals surface area contributed by atoms with Crippen molar-refractivity contribution in [3.05, 3.63) is 45.5 Å². The minimum absolute atomic E-state index is 0.0159. The third-order valence-corrected chi connectivity index (χ3v) is 5.17. The largest absolute Gasteiger partial charge is 0.333 e. The second kappa shape index (κ2) is 5.80. The summed E-state index contributed by atoms with van der Waals surface area (Å²) in [5, 5.41) is 9.62. The maximum atomic E-state index is 12.6. The van der Waals surface area contributed by atoms with E-state index in [1.165, 1.54) is 12.8 Å². The molecule has 1 aromatic carbocycles. The lowest BCUT2D eigenvalue weighted by Gasteiger charge is -2.28. The zero-order valence-corrected chi connectivity index (χ0v) is 14.0. The quantitative estimate of drug-likeness (QED) is 0.854. The summed E-state index contributed by atoms with van der Waals surface area (Å²) in [6.45, 7) is 1.93. The standard InChI is InChI=1S/C16H16Cl2N4O/c17-12-2-1-3-13(18)11(12)8-15(23)21-6-7-22-14(9-21)19-20-16(22)10-4-5-10/h1-3,10H,4-9H2. The summed E-state index contributed by atoms with van der Waals surface area (Å²) in [6, 6.07) is 5.29. The monoisotopic (exact) mass is 350 g/mol. The molecule has 7 heteroatoms. The Balaban J connectivity index is 1.49. The minimum atomic E-state index is 0.0159. The van der Waals surface area contributed by atoms with Gasteiger partial charge in [-0.2, -0.15) is 0 Å². The third kappa shape index (κ3) is 2.83. The van der Waals surface area contributed by atoms with E-state index >= 15 is 0 Å². The van der Waals surface area contributed by atoms with Gasteiger partial charge in [-0.3, -0.25) is 4.79 Å². The van der Waals surface area contributed by atoms with Crippen LogP contribution in [0, 0.1) is 0 Å². The number of nitrogens with zero attached hydrogens (tertiary/aromatic N) is 4. The second-order valence-corrected chi connectivity index (χ2v) is 6.91. The summed E-state index contributed by atoms with van der Waals surface area (Å²) in [7, 11) is 0. The van der Waals surface area contributed by atoms with Gasteiger partial charge >= 0.3 is 0 Å². The van der Waals surface area contributed by atoms with Gasteiger partial charge in [0.2, 0.25) is 5.91 Å². The molecule has 1 fully saturated rings. The molecule has 0 spiro atoms. The van der Waals surface area contributed by atoms with Crippen LogP contribution in [0.2, 0.25) is 10.0 Å². The topological polar surface area (TPSA) is 51.0 Å². The fourth-order valence-corrected chi connectivity index (χ4v) is 3.53. The first-order valence-corrected chi connectivity index (χ1v) is 8.51. The second-order valence-electron chi connectivity index (χ2n) is 6.09. The van der Waals surface area contributed by atoms with Crippen LogP contribution in [-0.4, -0.2) is 32.1 Å². The van der Waals surface area contributed by atoms with Crippen LogP contribution in [0.25, 0.3) is 0 Å². The molecule has 0 radical (unpaired) electrons. The molecule has 1 aliphatic carbocycles. The summed E-state index contributed by atoms with van der Waals surface area (Å²) in [5.74, 6) is 2.54. The summed E-state index contributed by atoms with van der Waals surface area (Å²) < 4.78 is 2.17. The molecule has 4 rings (SSSR count). The van der Waals surface area contributed by atoms with Gasteiger partial charge in [0.1, 0.15) is 5.82 Å². The number of aromatic nitrogens is 3. The van der Waals surface area contributed by atoms with Crippen LogP contribution in [-0.2, 0) is 24.3 Å². The lowest BCUT2D eigenvalue weighted by molar-refractivity contribution is -0.132. The van der Waals surface area contributed by atoms with Crippen molar-refractivity contribution in [2.75, 3.05) is 6.54 Å². The Morgan fingerprint density at radius 3 is 2.61 bits per heavy atom. The van der Waals surface area contributed by atoms with Gasteiger partial charge in [-0.05, 0) is 30.5 Å². The summed E-state index contributed by atoms with van der Waals surface area (Å²) in [5.41, 5.74) is 0.687. The molecule has 2 aliphatic rings. The normalized spacial score (nSPS) is 17.2. The lowest BCUT2D eigenvalue weighted by atomic mass is 10.1. The van der Waals surface area contributed by atoms with Crippen molar-refractivity contribution in [3.8, 4) is 0 Å². The lowest BCUT2D eigenvalue weighted by Crippen LogP contribution is -2.39. The van der Waals surface area contributed by atoms with Crippen LogP contribution >= 0.6 is 23.2 Å². The third-order valence-electron chi connectivity index (χ3n) is 4.47. The number of carbonyl (C=O) groups excluding carboxylic acids is 1. The molecule has 1 aromatic heterocycles. The minimum Gasteiger partial charge on any atom is -0.333 e. The van der Waals surface area contributed by atoms with Gasteiger partial charge in [0.25, 0.3) is 0 Å². The molecule has 5 nitrogen and oxygen atoms in total. The zero-order valence-electron chi connectivity index (χ0n) is 12.5. The SMILES string of the molecule is O=C(Cc1c(Cl)cccc1Cl)N1CCn2c(nnc2C2CC2)C1. The number of hydrogen-bond donors (Lipinski definition) is 0. The van der Waals surface area contributed by atoms with Crippen molar-refractivity contribution in [2.45, 2.75) is 38.3 Å². The number of benzene rings is 1. The molecule has 120 valence electrons. The van der Waals surface area contributed by atoms with Gasteiger partial charge in [-0.15, -0.1) is 10.2 Å². The Kier molecular flexibility index (Phi) is 3.77. The van der Waals surface area contributed by atoms with Crippen molar-refractivity contribution in [3.63, 3.8) is 0 Å². The van der Waals surface area contributed by atoms with Crippen molar-refractivity contribution in [1.82, 2.24) is 19.7 Å². The smallest absolute Gasteiger partial charge is 0.227 e. The van der Waals surface area contributed by atoms with Gasteiger partial charge < -0.3 is 9.47 Å². The fourth-order valence-electron chi connectivity index (χ4n) is 3.00. The van der Waals surface area contributed by atoms with Crippen LogP contribution in [0.5, 0.6) is 0 Å². The van der Waals surface area contributed by atoms with Crippen molar-refractivity contribution in [1.29, 1.82) is 0 Å². The molecule has 1 amide bonds. The fraction of sp³-hybridized carbons (Fsp3) is 0.438. The maximum absolute atomic E-state index is 12.6. The number of hydrogen-bond acceptors (Lipinski definition) is 3. The van der Waals surface area contributed by atoms with Gasteiger partial charge in [-0.25, -0.2) is 0 Å². The highest BCUT2D eigenvalue weighted by Crippen LogP contribution is 2.39. The average molecular weight is 351 g/mol. The Hall–Kier alpha value is -1.59. The van der Waals surface area contributed by atoms with E-state index in [1.807, 2.05) is 0 Å². The number of halogens is 2. The Morgan fingerprint density at radius 2 is 1.91 bits per heavy atom. The molecule has 0 N–H and O–H groups in total. The van der Waals surface area contributed by atoms with E-state index in [1.54, 1.807) is 23.1 Å². The molecule has 0 atom stereocenters. The van der Waals surface area contributed by atoms with Crippen LogP contribution in [0.1, 0.15) is 36.0 Å². The first-order chi connectivity index (χ1) is 11.1. The molecule has 1 aliphatic heterocycles. The first kappa shape index (κ1) is 15.0. The summed E-state index contributed by atoms with van der Waals surface area (Å²) in [4.78, 5) is 14.4. The molecule has 0 saturated heterocycles. The number of carbonyl (C=O) groups is 1. The van der Waals surface area contributed by atoms with Crippen LogP contribution in [0.4, 0.5) is 0 Å². The van der Waals surface area contributed by atoms with Crippen LogP contribution in [0.3, 0.4) is 0 Å². The van der Waals surface area contributed by atoms with Crippen molar-refractivity contribution in [2.24, 2.45) is 0 Å². The van der Waals surface area contributed by atoms with E-state index in [0.29, 0.717) is 34.6 Å². The van der Waals surface area contributed by atoms with Gasteiger partial charge in [0, 0.05) is 29.1 Å². The predicted octanol–water partition coefficient (Wildman–Crippen LogP) is 3.05. The van der Waals surface area contributed by atoms with E-state index in [9.17, 15) is 4.79 Å². The molecule has 23 heavy (non-hydrogen) atoms. The van der Waals surface area contributed by atoms with Crippen molar-refractivity contribution < 1.29 is 4.79 Å². The van der Waals surface area contributed by atoms with Crippen molar-refractivity contribution >= 4 is 29.1 Å². The predicted molar refractivity (Wildman–Crippen MR) is 87.6 cm³/mol. The Bertz CT molecular complexity index is 749. The average Bonchev–Trinajstić information content (AvgIpc) is 3.30. The zero-order chi connectivity index (χ0) is 16.0. The van der Waals surface area contributed by atoms with Crippen LogP contribution < -0.4 is 0 Å². The van der Waals surface area contributed by atoms with E-state index < -0.39 is 0 Å². The van der Waals surface area contributed by atoms with E-state index in [0.717, 1.165) is 18.2 Å². The van der Waals surface area contributed by atoms with Gasteiger partial charge in [-0.1, -0.05) is 29.3 Å². The number of fused-ring (bicyclic) bond motifs is 1. The van der Waals surface area contributed by atoms with E-state index in [2.05, 4.69) is 14.8 Å². The summed E-state index contributed by atoms with van der Waals surface area (Å²) in [6.07, 6.45) is 2.61. The Morgan fingerprint density at radius 1 is 1.17 bits per heavy atom. The van der Waals surface area contributed by atoms with Gasteiger partial charge in [0.05, 0.1) is 13.0 Å². The molecule has 2 heterocycles. The van der Waals surface area contributed by atoms with Crippen LogP contribution in [0.15, 0.2) is 18.2 Å². The van der Waals surface area contributed by atoms with Gasteiger partial charge in [0.15, 0.2) is 5.82 Å².